The second-order valence-corrected chi connectivity index (χ2v) is 0.588. The SMILES string of the molecule is CC.c1conn1. The number of nitrogens with zero attached hydrogens (tertiary/aromatic N) is 2. The molecule has 40 valence electrons. The van der Waals surface area contributed by atoms with Crippen molar-refractivity contribution in [1.82, 2.24) is 10.4 Å². The molecule has 0 atom stereocenters. The Balaban J connectivity index is 0.000000162. The van der Waals surface area contributed by atoms with Crippen molar-refractivity contribution >= 4 is 0 Å². The first-order valence-electron chi connectivity index (χ1n) is 2.21. The van der Waals surface area contributed by atoms with E-state index in [1.54, 1.807) is 0 Å². The molecule has 0 N–H and O–H groups in total. The zero-order valence-electron chi connectivity index (χ0n) is 4.46. The Morgan fingerprint density at radius 3 is 2.29 bits per heavy atom. The Kier molecular flexibility index (Phi) is 4.51. The fourth-order valence-corrected chi connectivity index (χ4v) is 0.136. The molecule has 0 saturated carbocycles. The third-order valence-electron chi connectivity index (χ3n) is 0.283. The van der Waals surface area contributed by atoms with Crippen LogP contribution in [0.3, 0.4) is 0 Å². The molecule has 0 radical (unpaired) electrons. The predicted molar refractivity (Wildman–Crippen MR) is 25.6 cm³/mol. The second-order valence-electron chi connectivity index (χ2n) is 0.588. The van der Waals surface area contributed by atoms with E-state index in [4.69, 9.17) is 0 Å². The van der Waals surface area contributed by atoms with Crippen LogP contribution in [0, 0.1) is 0 Å². The zero-order valence-corrected chi connectivity index (χ0v) is 4.46. The van der Waals surface area contributed by atoms with E-state index in [1.807, 2.05) is 13.8 Å². The third kappa shape index (κ3) is 2.96. The molecule has 0 amide bonds. The summed E-state index contributed by atoms with van der Waals surface area (Å²) in [4.78, 5) is 0. The second kappa shape index (κ2) is 5.14. The van der Waals surface area contributed by atoms with Crippen molar-refractivity contribution < 1.29 is 4.52 Å². The highest BCUT2D eigenvalue weighted by atomic mass is 16.5. The summed E-state index contributed by atoms with van der Waals surface area (Å²) >= 11 is 0. The largest absolute Gasteiger partial charge is 0.346 e. The lowest BCUT2D eigenvalue weighted by Gasteiger charge is -1.45. The fraction of sp³-hybridized carbons (Fsp3) is 0.500. The lowest BCUT2D eigenvalue weighted by atomic mass is 11.0. The summed E-state index contributed by atoms with van der Waals surface area (Å²) < 4.78 is 4.22. The number of aromatic nitrogens is 2. The van der Waals surface area contributed by atoms with Crippen LogP contribution in [-0.2, 0) is 0 Å². The quantitative estimate of drug-likeness (QED) is 0.490. The van der Waals surface area contributed by atoms with Gasteiger partial charge >= 0.3 is 0 Å². The van der Waals surface area contributed by atoms with Crippen LogP contribution in [0.5, 0.6) is 0 Å². The van der Waals surface area contributed by atoms with Gasteiger partial charge in [-0.15, -0.1) is 5.10 Å². The van der Waals surface area contributed by atoms with Crippen LogP contribution >= 0.6 is 0 Å². The van der Waals surface area contributed by atoms with Gasteiger partial charge in [0.1, 0.15) is 6.26 Å². The van der Waals surface area contributed by atoms with E-state index in [0.717, 1.165) is 0 Å². The zero-order chi connectivity index (χ0) is 5.54. The maximum absolute atomic E-state index is 4.22. The normalized spacial score (nSPS) is 6.57. The van der Waals surface area contributed by atoms with Gasteiger partial charge < -0.3 is 4.52 Å². The summed E-state index contributed by atoms with van der Waals surface area (Å²) in [5, 5.41) is 6.40. The first-order chi connectivity index (χ1) is 3.50. The summed E-state index contributed by atoms with van der Waals surface area (Å²) in [5.74, 6) is 0. The van der Waals surface area contributed by atoms with Gasteiger partial charge in [-0.3, -0.25) is 0 Å². The maximum Gasteiger partial charge on any atom is 0.144 e. The predicted octanol–water partition coefficient (Wildman–Crippen LogP) is 1.10. The van der Waals surface area contributed by atoms with Crippen molar-refractivity contribution in [3.05, 3.63) is 12.5 Å². The minimum atomic E-state index is 1.40. The molecule has 1 heterocycles. The van der Waals surface area contributed by atoms with Crippen LogP contribution in [0.15, 0.2) is 17.0 Å². The van der Waals surface area contributed by atoms with Gasteiger partial charge in [0.25, 0.3) is 0 Å². The van der Waals surface area contributed by atoms with Crippen LogP contribution in [0.25, 0.3) is 0 Å². The molecule has 0 aliphatic carbocycles. The van der Waals surface area contributed by atoms with E-state index in [9.17, 15) is 0 Å². The maximum atomic E-state index is 4.22. The molecule has 0 aromatic carbocycles. The number of rotatable bonds is 0. The smallest absolute Gasteiger partial charge is 0.144 e. The molecule has 7 heavy (non-hydrogen) atoms. The molecule has 3 heteroatoms. The van der Waals surface area contributed by atoms with E-state index >= 15 is 0 Å². The molecule has 1 aromatic heterocycles. The monoisotopic (exact) mass is 100 g/mol. The topological polar surface area (TPSA) is 38.9 Å². The van der Waals surface area contributed by atoms with Crippen LogP contribution in [0.2, 0.25) is 0 Å². The Morgan fingerprint density at radius 2 is 2.14 bits per heavy atom. The summed E-state index contributed by atoms with van der Waals surface area (Å²) in [6, 6.07) is 0. The van der Waals surface area contributed by atoms with Crippen LogP contribution in [0.4, 0.5) is 0 Å². The fourth-order valence-electron chi connectivity index (χ4n) is 0.136. The number of hydrogen-bond acceptors (Lipinski definition) is 3. The average Bonchev–Trinajstić information content (AvgIpc) is 2.23. The van der Waals surface area contributed by atoms with Gasteiger partial charge in [-0.05, 0) is 0 Å². The highest BCUT2D eigenvalue weighted by molar-refractivity contribution is 4.48. The molecule has 3 nitrogen and oxygen atoms in total. The number of hydrogen-bond donors (Lipinski definition) is 0. The molecule has 0 fully saturated rings. The molecule has 1 rings (SSSR count). The van der Waals surface area contributed by atoms with E-state index in [0.29, 0.717) is 0 Å². The minimum Gasteiger partial charge on any atom is -0.346 e. The highest BCUT2D eigenvalue weighted by Crippen LogP contribution is 1.64. The summed E-state index contributed by atoms with van der Waals surface area (Å²) in [7, 11) is 0. The van der Waals surface area contributed by atoms with Gasteiger partial charge in [0.15, 0.2) is 0 Å². The Labute approximate surface area is 42.3 Å². The first-order valence-corrected chi connectivity index (χ1v) is 2.21. The van der Waals surface area contributed by atoms with Gasteiger partial charge in [-0.2, -0.15) is 0 Å². The average molecular weight is 100 g/mol. The van der Waals surface area contributed by atoms with Crippen molar-refractivity contribution in [3.8, 4) is 0 Å². The molecular weight excluding hydrogens is 92.1 g/mol. The van der Waals surface area contributed by atoms with Crippen molar-refractivity contribution in [3.63, 3.8) is 0 Å². The van der Waals surface area contributed by atoms with Gasteiger partial charge in [0.05, 0.1) is 6.20 Å². The molecule has 0 bridgehead atoms. The summed E-state index contributed by atoms with van der Waals surface area (Å²) in [6.45, 7) is 4.00. The van der Waals surface area contributed by atoms with E-state index < -0.39 is 0 Å². The Bertz CT molecular complexity index is 66.2. The van der Waals surface area contributed by atoms with Gasteiger partial charge in [0.2, 0.25) is 0 Å². The Morgan fingerprint density at radius 1 is 1.43 bits per heavy atom. The highest BCUT2D eigenvalue weighted by Gasteiger charge is 1.61. The summed E-state index contributed by atoms with van der Waals surface area (Å²) in [5.41, 5.74) is 0. The van der Waals surface area contributed by atoms with Gasteiger partial charge in [0, 0.05) is 5.27 Å². The third-order valence-corrected chi connectivity index (χ3v) is 0.283. The molecule has 0 unspecified atom stereocenters. The first kappa shape index (κ1) is 6.14. The molecule has 0 aliphatic heterocycles. The molecule has 1 aromatic rings. The standard InChI is InChI=1S/C2H2N2O.C2H6/c1-2-5-4-3-1;1-2/h1-2H;1-2H3. The van der Waals surface area contributed by atoms with Crippen molar-refractivity contribution in [2.24, 2.45) is 0 Å². The molecule has 0 aliphatic rings. The lowest BCUT2D eigenvalue weighted by Crippen LogP contribution is -1.53. The molecule has 0 saturated heterocycles. The Hall–Kier alpha value is -0.860. The van der Waals surface area contributed by atoms with Crippen molar-refractivity contribution in [2.75, 3.05) is 0 Å². The molecular formula is C4H8N2O. The van der Waals surface area contributed by atoms with Crippen LogP contribution < -0.4 is 0 Å². The van der Waals surface area contributed by atoms with Crippen molar-refractivity contribution in [2.45, 2.75) is 13.8 Å². The van der Waals surface area contributed by atoms with Gasteiger partial charge in [-0.1, -0.05) is 13.8 Å². The minimum absolute atomic E-state index is 1.40. The van der Waals surface area contributed by atoms with Crippen LogP contribution in [0.1, 0.15) is 13.8 Å². The summed E-state index contributed by atoms with van der Waals surface area (Å²) in [6.07, 6.45) is 2.88. The van der Waals surface area contributed by atoms with Crippen LogP contribution in [-0.4, -0.2) is 10.4 Å². The molecule has 0 spiro atoms. The van der Waals surface area contributed by atoms with E-state index in [-0.39, 0.29) is 0 Å². The van der Waals surface area contributed by atoms with E-state index in [1.165, 1.54) is 12.5 Å². The van der Waals surface area contributed by atoms with E-state index in [2.05, 4.69) is 14.9 Å². The lowest BCUT2D eigenvalue weighted by molar-refractivity contribution is 0.393. The van der Waals surface area contributed by atoms with Gasteiger partial charge in [-0.25, -0.2) is 0 Å². The van der Waals surface area contributed by atoms with Crippen molar-refractivity contribution in [1.29, 1.82) is 0 Å².